The average molecular weight is 384 g/mol. The molecule has 0 aliphatic rings. The quantitative estimate of drug-likeness (QED) is 0.367. The van der Waals surface area contributed by atoms with Gasteiger partial charge in [-0.25, -0.2) is 9.97 Å². The first-order chi connectivity index (χ1) is 14.2. The van der Waals surface area contributed by atoms with Gasteiger partial charge in [-0.2, -0.15) is 0 Å². The number of furan rings is 1. The number of nitrogens with one attached hydrogen (secondary N) is 2. The van der Waals surface area contributed by atoms with Crippen LogP contribution in [0.2, 0.25) is 0 Å². The van der Waals surface area contributed by atoms with Crippen LogP contribution in [-0.4, -0.2) is 19.9 Å². The minimum absolute atomic E-state index is 0.384. The van der Waals surface area contributed by atoms with Gasteiger partial charge in [-0.15, -0.1) is 0 Å². The molecule has 3 heterocycles. The number of nitrogens with two attached hydrogens (primary N) is 2. The first-order valence-corrected chi connectivity index (χ1v) is 9.36. The molecular formula is C22H20N6O. The van der Waals surface area contributed by atoms with Crippen LogP contribution in [0.15, 0.2) is 65.3 Å². The van der Waals surface area contributed by atoms with E-state index in [1.807, 2.05) is 42.5 Å². The molecule has 5 rings (SSSR count). The van der Waals surface area contributed by atoms with E-state index in [2.05, 4.69) is 26.0 Å². The third kappa shape index (κ3) is 3.22. The predicted octanol–water partition coefficient (Wildman–Crippen LogP) is 3.80. The van der Waals surface area contributed by atoms with Crippen LogP contribution in [-0.2, 0) is 13.1 Å². The Morgan fingerprint density at radius 1 is 0.724 bits per heavy atom. The Morgan fingerprint density at radius 3 is 1.93 bits per heavy atom. The van der Waals surface area contributed by atoms with Gasteiger partial charge in [0.2, 0.25) is 0 Å². The van der Waals surface area contributed by atoms with Gasteiger partial charge in [-0.05, 0) is 17.7 Å². The molecule has 144 valence electrons. The second kappa shape index (κ2) is 7.05. The Kier molecular flexibility index (Phi) is 4.23. The fraction of sp³-hybridized carbons (Fsp3) is 0.0909. The molecule has 0 amide bonds. The summed E-state index contributed by atoms with van der Waals surface area (Å²) in [6.07, 6.45) is 3.59. The van der Waals surface area contributed by atoms with Crippen LogP contribution < -0.4 is 11.5 Å². The number of hydrogen-bond acceptors (Lipinski definition) is 5. The Labute approximate surface area is 166 Å². The number of imidazole rings is 2. The summed E-state index contributed by atoms with van der Waals surface area (Å²) in [5, 5.41) is 1.05. The zero-order valence-electron chi connectivity index (χ0n) is 15.6. The second-order valence-corrected chi connectivity index (χ2v) is 6.84. The van der Waals surface area contributed by atoms with Crippen LogP contribution in [0, 0.1) is 0 Å². The average Bonchev–Trinajstić information content (AvgIpc) is 3.52. The number of hydrogen-bond donors (Lipinski definition) is 4. The van der Waals surface area contributed by atoms with Gasteiger partial charge in [0.1, 0.15) is 23.0 Å². The van der Waals surface area contributed by atoms with E-state index in [0.717, 1.165) is 56.5 Å². The van der Waals surface area contributed by atoms with E-state index in [9.17, 15) is 0 Å². The van der Waals surface area contributed by atoms with Crippen molar-refractivity contribution in [3.63, 3.8) is 0 Å². The monoisotopic (exact) mass is 384 g/mol. The first kappa shape index (κ1) is 17.4. The lowest BCUT2D eigenvalue weighted by Gasteiger charge is -2.00. The molecule has 0 aliphatic heterocycles. The van der Waals surface area contributed by atoms with Crippen molar-refractivity contribution < 1.29 is 4.42 Å². The Hall–Kier alpha value is -3.68. The molecule has 3 aromatic heterocycles. The highest BCUT2D eigenvalue weighted by atomic mass is 16.3. The van der Waals surface area contributed by atoms with Crippen LogP contribution >= 0.6 is 0 Å². The molecular weight excluding hydrogens is 364 g/mol. The maximum Gasteiger partial charge on any atom is 0.135 e. The SMILES string of the molecule is NCc1ncc(-c2ccc(-c3cc4ccc(-c5cnc(CN)[nH]5)cc4o3)cc2)[nH]1. The second-order valence-electron chi connectivity index (χ2n) is 6.84. The number of H-pyrrole nitrogens is 2. The molecule has 0 radical (unpaired) electrons. The molecule has 0 unspecified atom stereocenters. The number of fused-ring (bicyclic) bond motifs is 1. The summed E-state index contributed by atoms with van der Waals surface area (Å²) < 4.78 is 6.12. The van der Waals surface area contributed by atoms with Crippen molar-refractivity contribution in [3.05, 3.63) is 72.6 Å². The van der Waals surface area contributed by atoms with E-state index in [1.54, 1.807) is 12.4 Å². The largest absolute Gasteiger partial charge is 0.456 e. The molecule has 29 heavy (non-hydrogen) atoms. The third-order valence-electron chi connectivity index (χ3n) is 4.96. The van der Waals surface area contributed by atoms with E-state index < -0.39 is 0 Å². The van der Waals surface area contributed by atoms with E-state index in [0.29, 0.717) is 13.1 Å². The van der Waals surface area contributed by atoms with Gasteiger partial charge >= 0.3 is 0 Å². The van der Waals surface area contributed by atoms with E-state index in [4.69, 9.17) is 15.9 Å². The number of nitrogens with zero attached hydrogens (tertiary/aromatic N) is 2. The van der Waals surface area contributed by atoms with Gasteiger partial charge in [0.15, 0.2) is 0 Å². The lowest BCUT2D eigenvalue weighted by molar-refractivity contribution is 0.631. The van der Waals surface area contributed by atoms with E-state index >= 15 is 0 Å². The molecule has 0 spiro atoms. The van der Waals surface area contributed by atoms with Crippen molar-refractivity contribution in [2.45, 2.75) is 13.1 Å². The van der Waals surface area contributed by atoms with Gasteiger partial charge in [0.05, 0.1) is 36.9 Å². The summed E-state index contributed by atoms with van der Waals surface area (Å²) in [6.45, 7) is 0.778. The molecule has 7 nitrogen and oxygen atoms in total. The summed E-state index contributed by atoms with van der Waals surface area (Å²) >= 11 is 0. The lowest BCUT2D eigenvalue weighted by atomic mass is 10.1. The zero-order chi connectivity index (χ0) is 19.8. The van der Waals surface area contributed by atoms with Gasteiger partial charge in [0, 0.05) is 16.5 Å². The van der Waals surface area contributed by atoms with E-state index in [1.165, 1.54) is 0 Å². The number of aromatic amines is 2. The van der Waals surface area contributed by atoms with Crippen molar-refractivity contribution in [2.75, 3.05) is 0 Å². The van der Waals surface area contributed by atoms with Crippen LogP contribution in [0.5, 0.6) is 0 Å². The fourth-order valence-corrected chi connectivity index (χ4v) is 3.38. The summed E-state index contributed by atoms with van der Waals surface area (Å²) in [6, 6.07) is 16.3. The molecule has 6 N–H and O–H groups in total. The summed E-state index contributed by atoms with van der Waals surface area (Å²) in [5.41, 5.74) is 17.0. The molecule has 0 fully saturated rings. The Bertz CT molecular complexity index is 1280. The highest BCUT2D eigenvalue weighted by molar-refractivity contribution is 5.86. The molecule has 0 bridgehead atoms. The van der Waals surface area contributed by atoms with Gasteiger partial charge < -0.3 is 25.9 Å². The minimum atomic E-state index is 0.384. The highest BCUT2D eigenvalue weighted by Crippen LogP contribution is 2.31. The standard InChI is InChI=1S/C22H20N6O/c23-9-21-25-11-17(27-21)13-1-3-14(4-2-13)19-8-16-6-5-15(7-20(16)29-19)18-12-26-22(10-24)28-18/h1-8,11-12H,9-10,23-24H2,(H,25,27)(H,26,28). The van der Waals surface area contributed by atoms with Crippen molar-refractivity contribution in [1.82, 2.24) is 19.9 Å². The zero-order valence-corrected chi connectivity index (χ0v) is 15.6. The van der Waals surface area contributed by atoms with Gasteiger partial charge in [0.25, 0.3) is 0 Å². The Balaban J connectivity index is 1.45. The van der Waals surface area contributed by atoms with Crippen molar-refractivity contribution in [2.24, 2.45) is 11.5 Å². The van der Waals surface area contributed by atoms with Crippen LogP contribution in [0.25, 0.3) is 44.8 Å². The third-order valence-corrected chi connectivity index (χ3v) is 4.96. The fourth-order valence-electron chi connectivity index (χ4n) is 3.38. The normalized spacial score (nSPS) is 11.4. The molecule has 2 aromatic carbocycles. The molecule has 0 aliphatic carbocycles. The van der Waals surface area contributed by atoms with Crippen LogP contribution in [0.4, 0.5) is 0 Å². The van der Waals surface area contributed by atoms with Crippen molar-refractivity contribution in [3.8, 4) is 33.8 Å². The smallest absolute Gasteiger partial charge is 0.135 e. The lowest BCUT2D eigenvalue weighted by Crippen LogP contribution is -1.97. The topological polar surface area (TPSA) is 123 Å². The first-order valence-electron chi connectivity index (χ1n) is 9.36. The van der Waals surface area contributed by atoms with Gasteiger partial charge in [-0.3, -0.25) is 0 Å². The Morgan fingerprint density at radius 2 is 1.31 bits per heavy atom. The van der Waals surface area contributed by atoms with Crippen molar-refractivity contribution >= 4 is 11.0 Å². The maximum absolute atomic E-state index is 6.12. The molecule has 7 heteroatoms. The number of benzene rings is 2. The van der Waals surface area contributed by atoms with E-state index in [-0.39, 0.29) is 0 Å². The minimum Gasteiger partial charge on any atom is -0.456 e. The summed E-state index contributed by atoms with van der Waals surface area (Å²) in [7, 11) is 0. The van der Waals surface area contributed by atoms with Gasteiger partial charge in [-0.1, -0.05) is 36.4 Å². The number of aromatic nitrogens is 4. The number of rotatable bonds is 5. The molecule has 0 saturated carbocycles. The summed E-state index contributed by atoms with van der Waals surface area (Å²) in [5.74, 6) is 2.35. The molecule has 0 saturated heterocycles. The predicted molar refractivity (Wildman–Crippen MR) is 113 cm³/mol. The maximum atomic E-state index is 6.12. The van der Waals surface area contributed by atoms with Crippen LogP contribution in [0.3, 0.4) is 0 Å². The van der Waals surface area contributed by atoms with Crippen molar-refractivity contribution in [1.29, 1.82) is 0 Å². The molecule has 0 atom stereocenters. The molecule has 5 aromatic rings. The van der Waals surface area contributed by atoms with Crippen LogP contribution in [0.1, 0.15) is 11.6 Å². The highest BCUT2D eigenvalue weighted by Gasteiger charge is 2.10. The summed E-state index contributed by atoms with van der Waals surface area (Å²) in [4.78, 5) is 14.9.